The van der Waals surface area contributed by atoms with Gasteiger partial charge in [-0.25, -0.2) is 4.39 Å². The third-order valence-corrected chi connectivity index (χ3v) is 4.83. The minimum atomic E-state index is -0.193. The van der Waals surface area contributed by atoms with Crippen molar-refractivity contribution in [3.05, 3.63) is 30.1 Å². The molecule has 2 N–H and O–H groups in total. The molecule has 27 heavy (non-hydrogen) atoms. The van der Waals surface area contributed by atoms with Crippen LogP contribution in [0.15, 0.2) is 29.3 Å². The van der Waals surface area contributed by atoms with Gasteiger partial charge in [0, 0.05) is 38.4 Å². The van der Waals surface area contributed by atoms with E-state index < -0.39 is 0 Å². The number of nitrogens with two attached hydrogens (primary N) is 1. The molecule has 0 atom stereocenters. The van der Waals surface area contributed by atoms with Crippen molar-refractivity contribution >= 4 is 35.6 Å². The van der Waals surface area contributed by atoms with Crippen molar-refractivity contribution in [3.63, 3.8) is 0 Å². The van der Waals surface area contributed by atoms with E-state index >= 15 is 0 Å². The molecule has 1 saturated heterocycles. The number of anilines is 1. The first-order valence-electron chi connectivity index (χ1n) is 9.76. The first-order chi connectivity index (χ1) is 12.6. The third kappa shape index (κ3) is 9.10. The van der Waals surface area contributed by atoms with Crippen molar-refractivity contribution < 1.29 is 4.39 Å². The van der Waals surface area contributed by atoms with Gasteiger partial charge in [0.1, 0.15) is 5.82 Å². The highest BCUT2D eigenvalue weighted by atomic mass is 127. The number of nitrogens with zero attached hydrogens (tertiary/aromatic N) is 4. The molecule has 0 spiro atoms. The largest absolute Gasteiger partial charge is 0.370 e. The van der Waals surface area contributed by atoms with E-state index in [-0.39, 0.29) is 29.8 Å². The Bertz CT molecular complexity index is 542. The minimum absolute atomic E-state index is 0. The molecule has 5 nitrogen and oxygen atoms in total. The van der Waals surface area contributed by atoms with Crippen molar-refractivity contribution in [3.8, 4) is 0 Å². The average Bonchev–Trinajstić information content (AvgIpc) is 2.64. The van der Waals surface area contributed by atoms with Gasteiger partial charge in [0.15, 0.2) is 5.96 Å². The molecule has 0 radical (unpaired) electrons. The fraction of sp³-hybridized carbons (Fsp3) is 0.650. The molecular formula is C20H35FIN5. The number of guanidine groups is 1. The van der Waals surface area contributed by atoms with E-state index in [1.54, 1.807) is 0 Å². The maximum atomic E-state index is 13.0. The molecule has 0 aromatic heterocycles. The Morgan fingerprint density at radius 3 is 2.22 bits per heavy atom. The topological polar surface area (TPSA) is 48.1 Å². The lowest BCUT2D eigenvalue weighted by Gasteiger charge is -2.36. The van der Waals surface area contributed by atoms with Crippen LogP contribution in [0.1, 0.15) is 32.1 Å². The van der Waals surface area contributed by atoms with Crippen LogP contribution in [0.3, 0.4) is 0 Å². The zero-order valence-electron chi connectivity index (χ0n) is 16.7. The van der Waals surface area contributed by atoms with Crippen LogP contribution in [0.4, 0.5) is 10.1 Å². The van der Waals surface area contributed by atoms with Crippen LogP contribution in [0, 0.1) is 5.82 Å². The fourth-order valence-corrected chi connectivity index (χ4v) is 3.21. The monoisotopic (exact) mass is 491 g/mol. The number of hydrogen-bond acceptors (Lipinski definition) is 3. The van der Waals surface area contributed by atoms with Crippen LogP contribution >= 0.6 is 24.0 Å². The summed E-state index contributed by atoms with van der Waals surface area (Å²) < 4.78 is 13.0. The van der Waals surface area contributed by atoms with Gasteiger partial charge in [0.25, 0.3) is 0 Å². The Labute approximate surface area is 180 Å². The highest BCUT2D eigenvalue weighted by Crippen LogP contribution is 2.16. The number of piperazine rings is 1. The number of rotatable bonds is 9. The SMILES string of the molecule is CN(C)CCCCCCCN=C(N)N1CCN(c2ccc(F)cc2)CC1.I. The van der Waals surface area contributed by atoms with E-state index in [0.29, 0.717) is 5.96 Å². The third-order valence-electron chi connectivity index (χ3n) is 4.83. The summed E-state index contributed by atoms with van der Waals surface area (Å²) in [5, 5.41) is 0. The summed E-state index contributed by atoms with van der Waals surface area (Å²) in [6.45, 7) is 5.47. The summed E-state index contributed by atoms with van der Waals surface area (Å²) in [6.07, 6.45) is 6.18. The molecule has 2 rings (SSSR count). The van der Waals surface area contributed by atoms with E-state index in [0.717, 1.165) is 44.8 Å². The first kappa shape index (κ1) is 23.9. The van der Waals surface area contributed by atoms with Gasteiger partial charge in [0.05, 0.1) is 0 Å². The molecule has 0 unspecified atom stereocenters. The minimum Gasteiger partial charge on any atom is -0.370 e. The number of halogens is 2. The second-order valence-electron chi connectivity index (χ2n) is 7.26. The van der Waals surface area contributed by atoms with Crippen molar-refractivity contribution in [2.45, 2.75) is 32.1 Å². The highest BCUT2D eigenvalue weighted by molar-refractivity contribution is 14.0. The molecule has 0 saturated carbocycles. The average molecular weight is 491 g/mol. The second kappa shape index (κ2) is 13.1. The number of hydrogen-bond donors (Lipinski definition) is 1. The normalized spacial score (nSPS) is 15.2. The molecule has 1 aliphatic heterocycles. The van der Waals surface area contributed by atoms with Crippen molar-refractivity contribution in [2.75, 3.05) is 58.3 Å². The van der Waals surface area contributed by atoms with Gasteiger partial charge < -0.3 is 20.4 Å². The summed E-state index contributed by atoms with van der Waals surface area (Å²) in [4.78, 5) is 11.2. The zero-order chi connectivity index (χ0) is 18.8. The molecule has 0 amide bonds. The molecule has 1 heterocycles. The summed E-state index contributed by atoms with van der Waals surface area (Å²) in [5.74, 6) is 0.470. The van der Waals surface area contributed by atoms with Gasteiger partial charge in [-0.2, -0.15) is 0 Å². The predicted molar refractivity (Wildman–Crippen MR) is 124 cm³/mol. The molecule has 154 valence electrons. The lowest BCUT2D eigenvalue weighted by Crippen LogP contribution is -2.51. The quantitative estimate of drug-likeness (QED) is 0.249. The Morgan fingerprint density at radius 1 is 1.00 bits per heavy atom. The summed E-state index contributed by atoms with van der Waals surface area (Å²) in [7, 11) is 4.24. The van der Waals surface area contributed by atoms with Gasteiger partial charge in [-0.1, -0.05) is 19.3 Å². The number of unbranched alkanes of at least 4 members (excludes halogenated alkanes) is 4. The van der Waals surface area contributed by atoms with Crippen LogP contribution < -0.4 is 10.6 Å². The van der Waals surface area contributed by atoms with Crippen molar-refractivity contribution in [1.29, 1.82) is 0 Å². The standard InChI is InChI=1S/C20H34FN5.HI/c1-24(2)13-7-5-3-4-6-12-23-20(22)26-16-14-25(15-17-26)19-10-8-18(21)9-11-19;/h8-11H,3-7,12-17H2,1-2H3,(H2,22,23);1H. The molecule has 1 aromatic rings. The summed E-state index contributed by atoms with van der Waals surface area (Å²) >= 11 is 0. The smallest absolute Gasteiger partial charge is 0.191 e. The Balaban J connectivity index is 0.00000364. The van der Waals surface area contributed by atoms with Gasteiger partial charge in [-0.05, 0) is 57.7 Å². The van der Waals surface area contributed by atoms with Crippen LogP contribution in [0.5, 0.6) is 0 Å². The van der Waals surface area contributed by atoms with Crippen LogP contribution in [0.25, 0.3) is 0 Å². The lowest BCUT2D eigenvalue weighted by atomic mass is 10.1. The van der Waals surface area contributed by atoms with Gasteiger partial charge in [-0.15, -0.1) is 24.0 Å². The van der Waals surface area contributed by atoms with E-state index in [2.05, 4.69) is 33.8 Å². The highest BCUT2D eigenvalue weighted by Gasteiger charge is 2.18. The van der Waals surface area contributed by atoms with Gasteiger partial charge in [-0.3, -0.25) is 4.99 Å². The van der Waals surface area contributed by atoms with Crippen molar-refractivity contribution in [2.24, 2.45) is 10.7 Å². The zero-order valence-corrected chi connectivity index (χ0v) is 19.1. The summed E-state index contributed by atoms with van der Waals surface area (Å²) in [6, 6.07) is 6.69. The molecule has 1 aliphatic rings. The van der Waals surface area contributed by atoms with Crippen LogP contribution in [-0.2, 0) is 0 Å². The number of benzene rings is 1. The van der Waals surface area contributed by atoms with E-state index in [9.17, 15) is 4.39 Å². The Hall–Kier alpha value is -1.09. The maximum absolute atomic E-state index is 13.0. The fourth-order valence-electron chi connectivity index (χ4n) is 3.21. The van der Waals surface area contributed by atoms with E-state index in [4.69, 9.17) is 5.73 Å². The van der Waals surface area contributed by atoms with Gasteiger partial charge in [0.2, 0.25) is 0 Å². The second-order valence-corrected chi connectivity index (χ2v) is 7.26. The maximum Gasteiger partial charge on any atom is 0.191 e. The molecule has 7 heteroatoms. The Kier molecular flexibility index (Phi) is 11.7. The van der Waals surface area contributed by atoms with Crippen molar-refractivity contribution in [1.82, 2.24) is 9.80 Å². The number of aliphatic imine (C=N–C) groups is 1. The van der Waals surface area contributed by atoms with Crippen LogP contribution in [0.2, 0.25) is 0 Å². The van der Waals surface area contributed by atoms with E-state index in [1.807, 2.05) is 12.1 Å². The van der Waals surface area contributed by atoms with Crippen LogP contribution in [-0.4, -0.2) is 69.1 Å². The Morgan fingerprint density at radius 2 is 1.59 bits per heavy atom. The van der Waals surface area contributed by atoms with E-state index in [1.165, 1.54) is 44.4 Å². The predicted octanol–water partition coefficient (Wildman–Crippen LogP) is 3.39. The lowest BCUT2D eigenvalue weighted by molar-refractivity contribution is 0.380. The molecule has 1 aromatic carbocycles. The molecule has 0 aliphatic carbocycles. The first-order valence-corrected chi connectivity index (χ1v) is 9.76. The molecule has 0 bridgehead atoms. The van der Waals surface area contributed by atoms with Gasteiger partial charge >= 0.3 is 0 Å². The summed E-state index contributed by atoms with van der Waals surface area (Å²) in [5.41, 5.74) is 7.22. The molecular weight excluding hydrogens is 456 g/mol. The molecule has 1 fully saturated rings.